The molecule has 0 bridgehead atoms. The molecule has 0 N–H and O–H groups in total. The number of methoxy groups -OCH3 is 1. The monoisotopic (exact) mass is 394 g/mol. The second-order valence-corrected chi connectivity index (χ2v) is 6.98. The number of rotatable bonds is 7. The van der Waals surface area contributed by atoms with Gasteiger partial charge >= 0.3 is 0 Å². The highest BCUT2D eigenvalue weighted by atomic mass is 19.1. The summed E-state index contributed by atoms with van der Waals surface area (Å²) < 4.78 is 46.0. The third-order valence-electron chi connectivity index (χ3n) is 4.99. The second-order valence-electron chi connectivity index (χ2n) is 6.98. The Morgan fingerprint density at radius 1 is 0.724 bits per heavy atom. The predicted molar refractivity (Wildman–Crippen MR) is 113 cm³/mol. The molecule has 3 aromatic rings. The van der Waals surface area contributed by atoms with E-state index in [2.05, 4.69) is 0 Å². The Labute approximate surface area is 169 Å². The van der Waals surface area contributed by atoms with Crippen molar-refractivity contribution in [2.45, 2.75) is 13.3 Å². The standard InChI is InChI=1S/C24H22BF3O/c1-17(15-16-29-2)24(18-3-9-21(26)10-4-18)25(19-5-11-22(27)12-6-19)20-7-13-23(28)14-8-20/h3-14H,15-16H2,1-2H3/b24-17-. The van der Waals surface area contributed by atoms with Gasteiger partial charge in [-0.25, -0.2) is 13.2 Å². The number of ether oxygens (including phenoxy) is 1. The van der Waals surface area contributed by atoms with E-state index >= 15 is 0 Å². The minimum atomic E-state index is -0.324. The molecule has 0 heterocycles. The van der Waals surface area contributed by atoms with Crippen LogP contribution in [0.5, 0.6) is 0 Å². The van der Waals surface area contributed by atoms with Crippen LogP contribution in [-0.2, 0) is 4.74 Å². The van der Waals surface area contributed by atoms with E-state index in [-0.39, 0.29) is 24.2 Å². The van der Waals surface area contributed by atoms with Gasteiger partial charge in [-0.05, 0) is 55.3 Å². The summed E-state index contributed by atoms with van der Waals surface area (Å²) in [5, 5.41) is 0. The van der Waals surface area contributed by atoms with Crippen molar-refractivity contribution in [3.8, 4) is 0 Å². The van der Waals surface area contributed by atoms with Gasteiger partial charge in [0.1, 0.15) is 17.5 Å². The molecule has 0 aliphatic rings. The maximum absolute atomic E-state index is 13.6. The van der Waals surface area contributed by atoms with Gasteiger partial charge < -0.3 is 4.74 Å². The highest BCUT2D eigenvalue weighted by molar-refractivity contribution is 6.99. The Morgan fingerprint density at radius 2 is 1.14 bits per heavy atom. The first-order chi connectivity index (χ1) is 14.0. The normalized spacial score (nSPS) is 11.9. The molecular weight excluding hydrogens is 372 g/mol. The lowest BCUT2D eigenvalue weighted by molar-refractivity contribution is 0.202. The summed E-state index contributed by atoms with van der Waals surface area (Å²) >= 11 is 0. The van der Waals surface area contributed by atoms with Gasteiger partial charge in [-0.3, -0.25) is 0 Å². The number of halogens is 3. The van der Waals surface area contributed by atoms with Crippen LogP contribution in [0.3, 0.4) is 0 Å². The van der Waals surface area contributed by atoms with Crippen molar-refractivity contribution < 1.29 is 17.9 Å². The zero-order valence-corrected chi connectivity index (χ0v) is 16.5. The smallest absolute Gasteiger partial charge is 0.241 e. The summed E-state index contributed by atoms with van der Waals surface area (Å²) in [6, 6.07) is 18.9. The van der Waals surface area contributed by atoms with Crippen molar-refractivity contribution in [1.82, 2.24) is 0 Å². The van der Waals surface area contributed by atoms with E-state index < -0.39 is 0 Å². The Bertz CT molecular complexity index is 919. The first-order valence-electron chi connectivity index (χ1n) is 9.45. The molecule has 0 aliphatic carbocycles. The lowest BCUT2D eigenvalue weighted by Crippen LogP contribution is -2.44. The molecule has 0 aromatic heterocycles. The van der Waals surface area contributed by atoms with Crippen LogP contribution in [0.2, 0.25) is 0 Å². The van der Waals surface area contributed by atoms with Gasteiger partial charge in [0.25, 0.3) is 0 Å². The summed E-state index contributed by atoms with van der Waals surface area (Å²) in [4.78, 5) is 0. The number of hydrogen-bond donors (Lipinski definition) is 0. The summed E-state index contributed by atoms with van der Waals surface area (Å²) in [7, 11) is 1.64. The van der Waals surface area contributed by atoms with Gasteiger partial charge in [0.05, 0.1) is 0 Å². The van der Waals surface area contributed by atoms with Crippen molar-refractivity contribution in [2.24, 2.45) is 0 Å². The molecule has 0 atom stereocenters. The lowest BCUT2D eigenvalue weighted by Gasteiger charge is -2.22. The molecule has 3 aromatic carbocycles. The summed E-state index contributed by atoms with van der Waals surface area (Å²) in [5.41, 5.74) is 4.64. The Hall–Kier alpha value is -2.79. The summed E-state index contributed by atoms with van der Waals surface area (Å²) in [6.45, 7) is 2.28. The van der Waals surface area contributed by atoms with Crippen LogP contribution in [-0.4, -0.2) is 20.4 Å². The van der Waals surface area contributed by atoms with E-state index in [4.69, 9.17) is 4.74 Å². The van der Waals surface area contributed by atoms with Gasteiger partial charge in [-0.15, -0.1) is 0 Å². The topological polar surface area (TPSA) is 9.23 Å². The molecule has 0 unspecified atom stereocenters. The molecule has 0 aliphatic heterocycles. The fraction of sp³-hybridized carbons (Fsp3) is 0.167. The van der Waals surface area contributed by atoms with Crippen LogP contribution >= 0.6 is 0 Å². The third kappa shape index (κ3) is 5.18. The molecule has 148 valence electrons. The number of hydrogen-bond acceptors (Lipinski definition) is 1. The van der Waals surface area contributed by atoms with Gasteiger partial charge in [0.2, 0.25) is 6.71 Å². The Balaban J connectivity index is 2.22. The predicted octanol–water partition coefficient (Wildman–Crippen LogP) is 4.76. The number of benzene rings is 3. The maximum atomic E-state index is 13.6. The van der Waals surface area contributed by atoms with Crippen molar-refractivity contribution in [2.75, 3.05) is 13.7 Å². The van der Waals surface area contributed by atoms with E-state index in [0.717, 1.165) is 27.5 Å². The molecule has 1 nitrogen and oxygen atoms in total. The fourth-order valence-corrected chi connectivity index (χ4v) is 3.51. The van der Waals surface area contributed by atoms with Gasteiger partial charge in [-0.2, -0.15) is 0 Å². The van der Waals surface area contributed by atoms with Crippen LogP contribution < -0.4 is 10.9 Å². The van der Waals surface area contributed by atoms with Crippen LogP contribution in [0.25, 0.3) is 5.47 Å². The molecule has 0 radical (unpaired) electrons. The molecular formula is C24H22BF3O. The molecule has 29 heavy (non-hydrogen) atoms. The first kappa shape index (κ1) is 20.9. The van der Waals surface area contributed by atoms with Crippen molar-refractivity contribution in [1.29, 1.82) is 0 Å². The largest absolute Gasteiger partial charge is 0.384 e. The van der Waals surface area contributed by atoms with E-state index in [1.807, 2.05) is 6.92 Å². The van der Waals surface area contributed by atoms with E-state index in [9.17, 15) is 13.2 Å². The third-order valence-corrected chi connectivity index (χ3v) is 4.99. The van der Waals surface area contributed by atoms with Gasteiger partial charge in [0.15, 0.2) is 0 Å². The zero-order chi connectivity index (χ0) is 20.8. The molecule has 0 spiro atoms. The quantitative estimate of drug-likeness (QED) is 0.525. The molecule has 0 saturated heterocycles. The van der Waals surface area contributed by atoms with Crippen LogP contribution in [0.1, 0.15) is 18.9 Å². The molecule has 0 fully saturated rings. The SMILES string of the molecule is COCC/C(C)=C(\B(c1ccc(F)cc1)c1ccc(F)cc1)c1ccc(F)cc1. The first-order valence-corrected chi connectivity index (χ1v) is 9.45. The lowest BCUT2D eigenvalue weighted by atomic mass is 9.34. The minimum absolute atomic E-state index is 0.265. The highest BCUT2D eigenvalue weighted by Crippen LogP contribution is 2.25. The van der Waals surface area contributed by atoms with Crippen molar-refractivity contribution >= 4 is 23.1 Å². The minimum Gasteiger partial charge on any atom is -0.384 e. The average molecular weight is 394 g/mol. The van der Waals surface area contributed by atoms with E-state index in [1.54, 1.807) is 43.5 Å². The fourth-order valence-electron chi connectivity index (χ4n) is 3.51. The second kappa shape index (κ2) is 9.61. The van der Waals surface area contributed by atoms with Crippen molar-refractivity contribution in [3.63, 3.8) is 0 Å². The van der Waals surface area contributed by atoms with E-state index in [0.29, 0.717) is 13.0 Å². The Morgan fingerprint density at radius 3 is 1.55 bits per heavy atom. The molecule has 3 rings (SSSR count). The van der Waals surface area contributed by atoms with Crippen LogP contribution in [0, 0.1) is 17.5 Å². The van der Waals surface area contributed by atoms with Gasteiger partial charge in [0, 0.05) is 13.7 Å². The molecule has 0 amide bonds. The van der Waals surface area contributed by atoms with Crippen molar-refractivity contribution in [3.05, 3.63) is 101 Å². The van der Waals surface area contributed by atoms with Gasteiger partial charge in [-0.1, -0.05) is 58.4 Å². The summed E-state index contributed by atoms with van der Waals surface area (Å²) in [5.74, 6) is -0.965. The summed E-state index contributed by atoms with van der Waals surface area (Å²) in [6.07, 6.45) is 0.683. The molecule has 0 saturated carbocycles. The van der Waals surface area contributed by atoms with Crippen LogP contribution in [0.15, 0.2) is 78.4 Å². The van der Waals surface area contributed by atoms with E-state index in [1.165, 1.54) is 36.4 Å². The maximum Gasteiger partial charge on any atom is 0.241 e. The highest BCUT2D eigenvalue weighted by Gasteiger charge is 2.27. The Kier molecular flexibility index (Phi) is 6.94. The molecule has 5 heteroatoms. The zero-order valence-electron chi connectivity index (χ0n) is 16.5. The van der Waals surface area contributed by atoms with Crippen LogP contribution in [0.4, 0.5) is 13.2 Å². The average Bonchev–Trinajstić information content (AvgIpc) is 2.73.